The Morgan fingerprint density at radius 1 is 1.21 bits per heavy atom. The Balaban J connectivity index is 2.65. The first-order valence-electron chi connectivity index (χ1n) is 4.44. The number of rotatable bonds is 0. The van der Waals surface area contributed by atoms with E-state index in [1.165, 1.54) is 15.6 Å². The predicted octanol–water partition coefficient (Wildman–Crippen LogP) is 3.15. The van der Waals surface area contributed by atoms with Gasteiger partial charge < -0.3 is 0 Å². The van der Waals surface area contributed by atoms with Gasteiger partial charge in [0.15, 0.2) is 0 Å². The maximum Gasteiger partial charge on any atom is 0.116 e. The molecule has 2 nitrogen and oxygen atoms in total. The van der Waals surface area contributed by atoms with Crippen LogP contribution in [0.4, 0.5) is 0 Å². The summed E-state index contributed by atoms with van der Waals surface area (Å²) in [5.74, 6) is 0. The van der Waals surface area contributed by atoms with Gasteiger partial charge in [0.25, 0.3) is 0 Å². The second-order valence-corrected chi connectivity index (χ2v) is 4.37. The van der Waals surface area contributed by atoms with Crippen molar-refractivity contribution in [1.82, 2.24) is 9.97 Å². The first-order chi connectivity index (χ1) is 6.86. The molecule has 3 rings (SSSR count). The summed E-state index contributed by atoms with van der Waals surface area (Å²) >= 11 is 1.75. The summed E-state index contributed by atoms with van der Waals surface area (Å²) in [6.07, 6.45) is 3.49. The largest absolute Gasteiger partial charge is 0.243 e. The number of hydrogen-bond donors (Lipinski definition) is 0. The number of benzene rings is 1. The number of fused-ring (bicyclic) bond motifs is 3. The number of thiophene rings is 1. The maximum absolute atomic E-state index is 4.33. The van der Waals surface area contributed by atoms with Crippen molar-refractivity contribution in [2.75, 3.05) is 0 Å². The van der Waals surface area contributed by atoms with Crippen LogP contribution in [0.2, 0.25) is 0 Å². The lowest BCUT2D eigenvalue weighted by Crippen LogP contribution is -1.77. The van der Waals surface area contributed by atoms with Crippen LogP contribution in [-0.2, 0) is 0 Å². The minimum Gasteiger partial charge on any atom is -0.243 e. The quantitative estimate of drug-likeness (QED) is 0.557. The van der Waals surface area contributed by atoms with E-state index in [1.807, 2.05) is 6.20 Å². The fourth-order valence-electron chi connectivity index (χ4n) is 1.73. The van der Waals surface area contributed by atoms with Crippen LogP contribution in [0.15, 0.2) is 30.7 Å². The zero-order valence-electron chi connectivity index (χ0n) is 7.69. The topological polar surface area (TPSA) is 25.8 Å². The molecule has 0 unspecified atom stereocenters. The Morgan fingerprint density at radius 3 is 3.07 bits per heavy atom. The van der Waals surface area contributed by atoms with E-state index in [2.05, 4.69) is 35.1 Å². The van der Waals surface area contributed by atoms with E-state index in [9.17, 15) is 0 Å². The highest BCUT2D eigenvalue weighted by Crippen LogP contribution is 2.33. The SMILES string of the molecule is Cc1cccc2sc3cncnc3c12. The van der Waals surface area contributed by atoms with E-state index >= 15 is 0 Å². The molecule has 0 atom stereocenters. The van der Waals surface area contributed by atoms with E-state index in [1.54, 1.807) is 17.7 Å². The monoisotopic (exact) mass is 200 g/mol. The Bertz CT molecular complexity index is 613. The van der Waals surface area contributed by atoms with Gasteiger partial charge in [-0.05, 0) is 18.6 Å². The van der Waals surface area contributed by atoms with Gasteiger partial charge in [-0.2, -0.15) is 0 Å². The van der Waals surface area contributed by atoms with Gasteiger partial charge in [-0.3, -0.25) is 0 Å². The number of nitrogens with zero attached hydrogens (tertiary/aromatic N) is 2. The summed E-state index contributed by atoms with van der Waals surface area (Å²) in [7, 11) is 0. The Labute approximate surface area is 85.2 Å². The molecule has 2 aromatic heterocycles. The summed E-state index contributed by atoms with van der Waals surface area (Å²) in [4.78, 5) is 8.37. The van der Waals surface area contributed by atoms with Gasteiger partial charge in [0, 0.05) is 16.3 Å². The molecule has 14 heavy (non-hydrogen) atoms. The molecule has 0 saturated carbocycles. The van der Waals surface area contributed by atoms with Gasteiger partial charge in [-0.1, -0.05) is 12.1 Å². The maximum atomic E-state index is 4.33. The molecule has 0 bridgehead atoms. The molecule has 0 saturated heterocycles. The van der Waals surface area contributed by atoms with Crippen LogP contribution in [0.25, 0.3) is 20.3 Å². The number of aromatic nitrogens is 2. The van der Waals surface area contributed by atoms with E-state index in [4.69, 9.17) is 0 Å². The number of hydrogen-bond acceptors (Lipinski definition) is 3. The van der Waals surface area contributed by atoms with Crippen molar-refractivity contribution in [2.45, 2.75) is 6.92 Å². The van der Waals surface area contributed by atoms with E-state index in [-0.39, 0.29) is 0 Å². The first kappa shape index (κ1) is 7.88. The molecule has 0 amide bonds. The van der Waals surface area contributed by atoms with Crippen LogP contribution >= 0.6 is 11.3 Å². The van der Waals surface area contributed by atoms with Gasteiger partial charge in [0.1, 0.15) is 6.33 Å². The van der Waals surface area contributed by atoms with Crippen LogP contribution in [-0.4, -0.2) is 9.97 Å². The third-order valence-electron chi connectivity index (χ3n) is 2.37. The second-order valence-electron chi connectivity index (χ2n) is 3.29. The smallest absolute Gasteiger partial charge is 0.116 e. The average molecular weight is 200 g/mol. The van der Waals surface area contributed by atoms with Gasteiger partial charge in [-0.25, -0.2) is 9.97 Å². The molecule has 0 radical (unpaired) electrons. The molecule has 0 aliphatic heterocycles. The molecule has 0 spiro atoms. The highest BCUT2D eigenvalue weighted by atomic mass is 32.1. The highest BCUT2D eigenvalue weighted by molar-refractivity contribution is 7.25. The zero-order chi connectivity index (χ0) is 9.54. The summed E-state index contributed by atoms with van der Waals surface area (Å²) in [5, 5.41) is 1.27. The van der Waals surface area contributed by atoms with Crippen LogP contribution < -0.4 is 0 Å². The molecular weight excluding hydrogens is 192 g/mol. The van der Waals surface area contributed by atoms with Crippen molar-refractivity contribution in [3.05, 3.63) is 36.3 Å². The van der Waals surface area contributed by atoms with Gasteiger partial charge in [0.05, 0.1) is 10.2 Å². The molecular formula is C11H8N2S. The molecule has 1 aromatic carbocycles. The molecule has 0 aliphatic carbocycles. The first-order valence-corrected chi connectivity index (χ1v) is 5.26. The van der Waals surface area contributed by atoms with E-state index < -0.39 is 0 Å². The summed E-state index contributed by atoms with van der Waals surface area (Å²) in [6, 6.07) is 6.34. The lowest BCUT2D eigenvalue weighted by atomic mass is 10.1. The standard InChI is InChI=1S/C11H8N2S/c1-7-3-2-4-8-10(7)11-9(14-8)5-12-6-13-11/h2-6H,1H3. The van der Waals surface area contributed by atoms with Gasteiger partial charge in [-0.15, -0.1) is 11.3 Å². The molecule has 0 N–H and O–H groups in total. The summed E-state index contributed by atoms with van der Waals surface area (Å²) < 4.78 is 2.46. The normalized spacial score (nSPS) is 11.2. The average Bonchev–Trinajstić information content (AvgIpc) is 2.57. The van der Waals surface area contributed by atoms with Crippen molar-refractivity contribution in [3.8, 4) is 0 Å². The van der Waals surface area contributed by atoms with Crippen molar-refractivity contribution >= 4 is 31.6 Å². The predicted molar refractivity (Wildman–Crippen MR) is 59.7 cm³/mol. The minimum atomic E-state index is 1.08. The fraction of sp³-hybridized carbons (Fsp3) is 0.0909. The van der Waals surface area contributed by atoms with Crippen molar-refractivity contribution in [2.24, 2.45) is 0 Å². The van der Waals surface area contributed by atoms with Crippen LogP contribution in [0.5, 0.6) is 0 Å². The zero-order valence-corrected chi connectivity index (χ0v) is 8.51. The van der Waals surface area contributed by atoms with E-state index in [0.717, 1.165) is 10.2 Å². The number of aryl methyl sites for hydroxylation is 1. The summed E-state index contributed by atoms with van der Waals surface area (Å²) in [6.45, 7) is 2.12. The Kier molecular flexibility index (Phi) is 1.55. The highest BCUT2D eigenvalue weighted by Gasteiger charge is 2.06. The van der Waals surface area contributed by atoms with Crippen LogP contribution in [0, 0.1) is 6.92 Å². The molecule has 3 heteroatoms. The summed E-state index contributed by atoms with van der Waals surface area (Å²) in [5.41, 5.74) is 2.37. The van der Waals surface area contributed by atoms with E-state index in [0.29, 0.717) is 0 Å². The van der Waals surface area contributed by atoms with Crippen molar-refractivity contribution < 1.29 is 0 Å². The van der Waals surface area contributed by atoms with Crippen molar-refractivity contribution in [1.29, 1.82) is 0 Å². The fourth-order valence-corrected chi connectivity index (χ4v) is 2.84. The van der Waals surface area contributed by atoms with Crippen LogP contribution in [0.3, 0.4) is 0 Å². The molecule has 2 heterocycles. The molecule has 0 fully saturated rings. The minimum absolute atomic E-state index is 1.08. The Morgan fingerprint density at radius 2 is 2.14 bits per heavy atom. The lowest BCUT2D eigenvalue weighted by molar-refractivity contribution is 1.23. The molecule has 3 aromatic rings. The van der Waals surface area contributed by atoms with Crippen LogP contribution in [0.1, 0.15) is 5.56 Å². The molecule has 0 aliphatic rings. The van der Waals surface area contributed by atoms with Gasteiger partial charge >= 0.3 is 0 Å². The third-order valence-corrected chi connectivity index (χ3v) is 3.45. The van der Waals surface area contributed by atoms with Crippen molar-refractivity contribution in [3.63, 3.8) is 0 Å². The third kappa shape index (κ3) is 0.960. The van der Waals surface area contributed by atoms with Gasteiger partial charge in [0.2, 0.25) is 0 Å². The second kappa shape index (κ2) is 2.75. The molecule has 68 valence electrons. The Hall–Kier alpha value is -1.48. The lowest BCUT2D eigenvalue weighted by Gasteiger charge is -1.94.